The summed E-state index contributed by atoms with van der Waals surface area (Å²) in [6.45, 7) is 2.66. The van der Waals surface area contributed by atoms with E-state index in [4.69, 9.17) is 14.6 Å². The van der Waals surface area contributed by atoms with E-state index < -0.39 is 5.97 Å². The van der Waals surface area contributed by atoms with Crippen LogP contribution in [0.1, 0.15) is 35.3 Å². The summed E-state index contributed by atoms with van der Waals surface area (Å²) in [6, 6.07) is 25.7. The zero-order valence-electron chi connectivity index (χ0n) is 17.8. The number of fused-ring (bicyclic) bond motifs is 3. The van der Waals surface area contributed by atoms with Gasteiger partial charge in [-0.1, -0.05) is 58.4 Å². The van der Waals surface area contributed by atoms with Crippen molar-refractivity contribution in [3.8, 4) is 5.75 Å². The number of halogens is 1. The maximum absolute atomic E-state index is 8.89. The van der Waals surface area contributed by atoms with Gasteiger partial charge in [0.2, 0.25) is 0 Å². The lowest BCUT2D eigenvalue weighted by Crippen LogP contribution is -2.87. The van der Waals surface area contributed by atoms with Gasteiger partial charge in [-0.05, 0) is 48.4 Å². The van der Waals surface area contributed by atoms with Crippen LogP contribution in [0.5, 0.6) is 5.75 Å². The maximum Gasteiger partial charge on any atom is 0.153 e. The minimum absolute atomic E-state index is 0.318. The predicted octanol–water partition coefficient (Wildman–Crippen LogP) is 3.47. The van der Waals surface area contributed by atoms with Gasteiger partial charge in [0.25, 0.3) is 0 Å². The summed E-state index contributed by atoms with van der Waals surface area (Å²) in [5.74, 6) is -0.159. The van der Waals surface area contributed by atoms with E-state index in [1.54, 1.807) is 0 Å². The third kappa shape index (κ3) is 5.21. The van der Waals surface area contributed by atoms with Crippen LogP contribution in [0.25, 0.3) is 10.9 Å². The number of nitrogens with one attached hydrogen (secondary N) is 1. The fourth-order valence-electron chi connectivity index (χ4n) is 4.10. The second-order valence-electron chi connectivity index (χ2n) is 7.79. The lowest BCUT2D eigenvalue weighted by Gasteiger charge is -2.21. The molecule has 1 atom stereocenters. The van der Waals surface area contributed by atoms with Crippen molar-refractivity contribution in [2.45, 2.75) is 26.0 Å². The number of aromatic amines is 1. The van der Waals surface area contributed by atoms with E-state index in [9.17, 15) is 0 Å². The van der Waals surface area contributed by atoms with Crippen molar-refractivity contribution in [1.29, 1.82) is 0 Å². The Morgan fingerprint density at radius 3 is 2.56 bits per heavy atom. The SMILES string of the molecule is Brc1ccc(C2[NH2+]CCc3c2[nH]c2ccc(OCc4ccccc4)cc32)cc1.CC(=O)[O-]. The number of quaternary nitrogens is 1. The van der Waals surface area contributed by atoms with E-state index in [1.807, 2.05) is 18.2 Å². The second-order valence-corrected chi connectivity index (χ2v) is 8.71. The lowest BCUT2D eigenvalue weighted by atomic mass is 9.94. The van der Waals surface area contributed by atoms with Crippen molar-refractivity contribution in [1.82, 2.24) is 4.98 Å². The number of hydrogen-bond donors (Lipinski definition) is 2. The largest absolute Gasteiger partial charge is 0.550 e. The molecule has 5 nitrogen and oxygen atoms in total. The predicted molar refractivity (Wildman–Crippen MR) is 126 cm³/mol. The maximum atomic E-state index is 8.89. The molecule has 32 heavy (non-hydrogen) atoms. The van der Waals surface area contributed by atoms with E-state index >= 15 is 0 Å². The topological polar surface area (TPSA) is 81.8 Å². The summed E-state index contributed by atoms with van der Waals surface area (Å²) in [5, 5.41) is 12.6. The van der Waals surface area contributed by atoms with Crippen LogP contribution in [0, 0.1) is 0 Å². The van der Waals surface area contributed by atoms with Crippen molar-refractivity contribution in [2.75, 3.05) is 6.54 Å². The number of ether oxygens (including phenoxy) is 1. The molecule has 2 heterocycles. The van der Waals surface area contributed by atoms with Gasteiger partial charge in [0.1, 0.15) is 12.4 Å². The van der Waals surface area contributed by atoms with Crippen molar-refractivity contribution in [3.63, 3.8) is 0 Å². The molecule has 3 N–H and O–H groups in total. The van der Waals surface area contributed by atoms with Crippen LogP contribution in [-0.2, 0) is 17.8 Å². The van der Waals surface area contributed by atoms with Crippen molar-refractivity contribution in [2.24, 2.45) is 0 Å². The highest BCUT2D eigenvalue weighted by Gasteiger charge is 2.28. The molecule has 1 aliphatic rings. The average molecular weight is 493 g/mol. The number of aromatic nitrogens is 1. The molecule has 4 aromatic rings. The van der Waals surface area contributed by atoms with Gasteiger partial charge in [-0.2, -0.15) is 0 Å². The minimum atomic E-state index is -1.08. The first-order valence-corrected chi connectivity index (χ1v) is 11.4. The molecule has 6 heteroatoms. The minimum Gasteiger partial charge on any atom is -0.550 e. The van der Waals surface area contributed by atoms with Crippen LogP contribution in [-0.4, -0.2) is 17.5 Å². The molecule has 0 fully saturated rings. The Bertz CT molecular complexity index is 1200. The Balaban J connectivity index is 0.000000567. The summed E-state index contributed by atoms with van der Waals surface area (Å²) in [4.78, 5) is 12.6. The highest BCUT2D eigenvalue weighted by atomic mass is 79.9. The van der Waals surface area contributed by atoms with Gasteiger partial charge in [-0.15, -0.1) is 0 Å². The molecule has 0 spiro atoms. The van der Waals surface area contributed by atoms with Crippen molar-refractivity contribution in [3.05, 3.63) is 99.7 Å². The lowest BCUT2D eigenvalue weighted by molar-refractivity contribution is -0.690. The number of benzene rings is 3. The second kappa shape index (κ2) is 10.0. The van der Waals surface area contributed by atoms with Crippen molar-refractivity contribution < 1.29 is 20.0 Å². The Kier molecular flexibility index (Phi) is 6.93. The fourth-order valence-corrected chi connectivity index (χ4v) is 4.36. The molecule has 1 unspecified atom stereocenters. The number of H-pyrrole nitrogens is 1. The molecule has 3 aromatic carbocycles. The quantitative estimate of drug-likeness (QED) is 0.457. The molecular formula is C26H25BrN2O3. The normalized spacial score (nSPS) is 14.9. The van der Waals surface area contributed by atoms with Crippen molar-refractivity contribution >= 4 is 32.8 Å². The molecule has 0 aliphatic carbocycles. The number of nitrogens with two attached hydrogens (primary N) is 1. The van der Waals surface area contributed by atoms with Crippen LogP contribution < -0.4 is 15.2 Å². The van der Waals surface area contributed by atoms with Gasteiger partial charge < -0.3 is 24.9 Å². The first kappa shape index (κ1) is 22.1. The monoisotopic (exact) mass is 492 g/mol. The van der Waals surface area contributed by atoms with Gasteiger partial charge in [0.05, 0.1) is 12.2 Å². The molecule has 0 saturated heterocycles. The van der Waals surface area contributed by atoms with E-state index in [-0.39, 0.29) is 0 Å². The highest BCUT2D eigenvalue weighted by Crippen LogP contribution is 2.33. The first-order valence-electron chi connectivity index (χ1n) is 10.6. The van der Waals surface area contributed by atoms with E-state index in [0.717, 1.165) is 30.1 Å². The van der Waals surface area contributed by atoms with Crippen LogP contribution >= 0.6 is 15.9 Å². The summed E-state index contributed by atoms with van der Waals surface area (Å²) in [6.07, 6.45) is 1.07. The number of rotatable bonds is 4. The molecule has 164 valence electrons. The molecule has 0 amide bonds. The number of carbonyl (C=O) groups is 1. The van der Waals surface area contributed by atoms with E-state index in [0.29, 0.717) is 12.6 Å². The molecule has 1 aromatic heterocycles. The Hall–Kier alpha value is -3.09. The number of carboxylic acids is 1. The Morgan fingerprint density at radius 2 is 1.84 bits per heavy atom. The third-order valence-corrected chi connectivity index (χ3v) is 6.02. The Morgan fingerprint density at radius 1 is 1.12 bits per heavy atom. The van der Waals surface area contributed by atoms with E-state index in [1.165, 1.54) is 33.3 Å². The zero-order chi connectivity index (χ0) is 22.5. The summed E-state index contributed by atoms with van der Waals surface area (Å²) >= 11 is 3.54. The van der Waals surface area contributed by atoms with Gasteiger partial charge in [-0.3, -0.25) is 0 Å². The molecule has 0 bridgehead atoms. The highest BCUT2D eigenvalue weighted by molar-refractivity contribution is 9.10. The van der Waals surface area contributed by atoms with Gasteiger partial charge in [0.15, 0.2) is 6.04 Å². The number of carboxylic acid groups (broad SMARTS) is 1. The van der Waals surface area contributed by atoms with Crippen LogP contribution in [0.4, 0.5) is 0 Å². The third-order valence-electron chi connectivity index (χ3n) is 5.50. The smallest absolute Gasteiger partial charge is 0.153 e. The summed E-state index contributed by atoms with van der Waals surface area (Å²) in [5.41, 5.74) is 6.45. The molecule has 0 saturated carbocycles. The molecule has 5 rings (SSSR count). The standard InChI is InChI=1S/C24H21BrN2O.C2H4O2/c25-18-8-6-17(7-9-18)23-24-20(12-13-26-23)21-14-19(10-11-22(21)27-24)28-15-16-4-2-1-3-5-16;1-2(3)4/h1-11,14,23,26-27H,12-13,15H2;1H3,(H,3,4). The van der Waals surface area contributed by atoms with Crippen LogP contribution in [0.15, 0.2) is 77.3 Å². The fraction of sp³-hybridized carbons (Fsp3) is 0.192. The number of carbonyl (C=O) groups excluding carboxylic acids is 1. The Labute approximate surface area is 195 Å². The zero-order valence-corrected chi connectivity index (χ0v) is 19.4. The molecular weight excluding hydrogens is 468 g/mol. The molecule has 0 radical (unpaired) electrons. The van der Waals surface area contributed by atoms with E-state index in [2.05, 4.69) is 80.8 Å². The number of aliphatic carboxylic acids is 1. The average Bonchev–Trinajstić information content (AvgIpc) is 3.17. The molecule has 1 aliphatic heterocycles. The first-order chi connectivity index (χ1) is 15.5. The van der Waals surface area contributed by atoms with Gasteiger partial charge in [0, 0.05) is 33.3 Å². The van der Waals surface area contributed by atoms with Crippen LogP contribution in [0.3, 0.4) is 0 Å². The summed E-state index contributed by atoms with van der Waals surface area (Å²) < 4.78 is 7.17. The summed E-state index contributed by atoms with van der Waals surface area (Å²) in [7, 11) is 0. The van der Waals surface area contributed by atoms with Gasteiger partial charge >= 0.3 is 0 Å². The number of hydrogen-bond acceptors (Lipinski definition) is 3. The van der Waals surface area contributed by atoms with Crippen LogP contribution in [0.2, 0.25) is 0 Å². The van der Waals surface area contributed by atoms with Gasteiger partial charge in [-0.25, -0.2) is 0 Å².